The molecule has 0 unspecified atom stereocenters. The third kappa shape index (κ3) is 3.79. The van der Waals surface area contributed by atoms with Crippen LogP contribution >= 0.6 is 11.3 Å². The summed E-state index contributed by atoms with van der Waals surface area (Å²) >= 11 is 1.73. The van der Waals surface area contributed by atoms with Crippen molar-refractivity contribution in [1.29, 1.82) is 0 Å². The average Bonchev–Trinajstić information content (AvgIpc) is 2.83. The summed E-state index contributed by atoms with van der Waals surface area (Å²) in [5, 5.41) is 14.7. The Kier molecular flexibility index (Phi) is 4.70. The SMILES string of the molecule is Cc1ccc(CNCc2cc(F)cc(/C(N)=N/O)c2)s1. The van der Waals surface area contributed by atoms with E-state index in [1.165, 1.54) is 21.9 Å². The summed E-state index contributed by atoms with van der Waals surface area (Å²) in [6.45, 7) is 3.30. The third-order valence-electron chi connectivity index (χ3n) is 2.79. The molecule has 6 heteroatoms. The van der Waals surface area contributed by atoms with Gasteiger partial charge in [0.2, 0.25) is 0 Å². The largest absolute Gasteiger partial charge is 0.409 e. The predicted molar refractivity (Wildman–Crippen MR) is 78.5 cm³/mol. The fourth-order valence-electron chi connectivity index (χ4n) is 1.87. The van der Waals surface area contributed by atoms with Crippen molar-refractivity contribution in [3.8, 4) is 0 Å². The van der Waals surface area contributed by atoms with Crippen LogP contribution in [0.3, 0.4) is 0 Å². The van der Waals surface area contributed by atoms with E-state index in [4.69, 9.17) is 10.9 Å². The van der Waals surface area contributed by atoms with Crippen LogP contribution in [-0.4, -0.2) is 11.0 Å². The Balaban J connectivity index is 2.00. The molecule has 2 aromatic rings. The van der Waals surface area contributed by atoms with Gasteiger partial charge in [0.1, 0.15) is 5.82 Å². The molecule has 0 radical (unpaired) electrons. The topological polar surface area (TPSA) is 70.6 Å². The number of nitrogens with zero attached hydrogens (tertiary/aromatic N) is 1. The number of amidine groups is 1. The molecule has 1 heterocycles. The van der Waals surface area contributed by atoms with Gasteiger partial charge in [0, 0.05) is 28.4 Å². The molecular weight excluding hydrogens is 277 g/mol. The Bertz CT molecular complexity index is 625. The monoisotopic (exact) mass is 293 g/mol. The number of hydrogen-bond acceptors (Lipinski definition) is 4. The van der Waals surface area contributed by atoms with E-state index in [0.29, 0.717) is 12.1 Å². The number of hydrogen-bond donors (Lipinski definition) is 3. The number of aryl methyl sites for hydroxylation is 1. The average molecular weight is 293 g/mol. The predicted octanol–water partition coefficient (Wildman–Crippen LogP) is 2.58. The highest BCUT2D eigenvalue weighted by molar-refractivity contribution is 7.11. The standard InChI is InChI=1S/C14H16FN3OS/c1-9-2-3-13(20-9)8-17-7-10-4-11(14(16)18-19)6-12(15)5-10/h2-6,17,19H,7-8H2,1H3,(H2,16,18). The number of thiophene rings is 1. The van der Waals surface area contributed by atoms with E-state index in [9.17, 15) is 4.39 Å². The summed E-state index contributed by atoms with van der Waals surface area (Å²) in [6, 6.07) is 8.51. The van der Waals surface area contributed by atoms with Gasteiger partial charge >= 0.3 is 0 Å². The highest BCUT2D eigenvalue weighted by atomic mass is 32.1. The normalized spacial score (nSPS) is 11.8. The second-order valence-electron chi connectivity index (χ2n) is 4.45. The summed E-state index contributed by atoms with van der Waals surface area (Å²) in [7, 11) is 0. The minimum Gasteiger partial charge on any atom is -0.409 e. The van der Waals surface area contributed by atoms with Gasteiger partial charge in [-0.3, -0.25) is 0 Å². The fraction of sp³-hybridized carbons (Fsp3) is 0.214. The lowest BCUT2D eigenvalue weighted by Crippen LogP contribution is -2.16. The van der Waals surface area contributed by atoms with Crippen molar-refractivity contribution in [2.75, 3.05) is 0 Å². The Morgan fingerprint density at radius 2 is 2.15 bits per heavy atom. The first-order valence-corrected chi connectivity index (χ1v) is 6.93. The minimum atomic E-state index is -0.405. The lowest BCUT2D eigenvalue weighted by molar-refractivity contribution is 0.318. The molecule has 0 bridgehead atoms. The van der Waals surface area contributed by atoms with Crippen LogP contribution in [0.2, 0.25) is 0 Å². The van der Waals surface area contributed by atoms with Crippen LogP contribution in [0, 0.1) is 12.7 Å². The molecule has 1 aromatic heterocycles. The van der Waals surface area contributed by atoms with Gasteiger partial charge < -0.3 is 16.3 Å². The summed E-state index contributed by atoms with van der Waals surface area (Å²) in [5.41, 5.74) is 6.59. The minimum absolute atomic E-state index is 0.0976. The maximum Gasteiger partial charge on any atom is 0.170 e. The van der Waals surface area contributed by atoms with Gasteiger partial charge in [0.15, 0.2) is 5.84 Å². The lowest BCUT2D eigenvalue weighted by atomic mass is 10.1. The van der Waals surface area contributed by atoms with E-state index in [0.717, 1.165) is 12.1 Å². The van der Waals surface area contributed by atoms with Gasteiger partial charge in [-0.2, -0.15) is 0 Å². The first kappa shape index (κ1) is 14.5. The van der Waals surface area contributed by atoms with Gasteiger partial charge in [0.05, 0.1) is 0 Å². The van der Waals surface area contributed by atoms with Gasteiger partial charge in [-0.25, -0.2) is 4.39 Å². The second kappa shape index (κ2) is 6.49. The van der Waals surface area contributed by atoms with Crippen molar-refractivity contribution in [3.63, 3.8) is 0 Å². The zero-order chi connectivity index (χ0) is 14.5. The van der Waals surface area contributed by atoms with Gasteiger partial charge in [-0.05, 0) is 42.8 Å². The van der Waals surface area contributed by atoms with Crippen LogP contribution in [0.1, 0.15) is 20.9 Å². The highest BCUT2D eigenvalue weighted by Gasteiger charge is 2.05. The van der Waals surface area contributed by atoms with Crippen LogP contribution in [0.5, 0.6) is 0 Å². The molecule has 0 aliphatic heterocycles. The summed E-state index contributed by atoms with van der Waals surface area (Å²) in [6.07, 6.45) is 0. The van der Waals surface area contributed by atoms with Crippen LogP contribution in [-0.2, 0) is 13.1 Å². The molecule has 0 aliphatic rings. The number of benzene rings is 1. The molecule has 0 amide bonds. The van der Waals surface area contributed by atoms with Crippen LogP contribution in [0.15, 0.2) is 35.5 Å². The number of halogens is 1. The van der Waals surface area contributed by atoms with Crippen LogP contribution in [0.25, 0.3) is 0 Å². The Hall–Kier alpha value is -1.92. The van der Waals surface area contributed by atoms with Gasteiger partial charge in [-0.15, -0.1) is 11.3 Å². The molecule has 20 heavy (non-hydrogen) atoms. The molecule has 0 spiro atoms. The van der Waals surface area contributed by atoms with Crippen molar-refractivity contribution < 1.29 is 9.60 Å². The smallest absolute Gasteiger partial charge is 0.170 e. The van der Waals surface area contributed by atoms with Crippen LogP contribution in [0.4, 0.5) is 4.39 Å². The molecule has 2 rings (SSSR count). The molecule has 1 aromatic carbocycles. The Labute approximate surface area is 120 Å². The van der Waals surface area contributed by atoms with Crippen LogP contribution < -0.4 is 11.1 Å². The quantitative estimate of drug-likeness (QED) is 0.343. The van der Waals surface area contributed by atoms with Gasteiger partial charge in [-0.1, -0.05) is 5.16 Å². The summed E-state index contributed by atoms with van der Waals surface area (Å²) < 4.78 is 13.5. The maximum absolute atomic E-state index is 13.5. The lowest BCUT2D eigenvalue weighted by Gasteiger charge is -2.06. The molecule has 0 atom stereocenters. The van der Waals surface area contributed by atoms with E-state index in [-0.39, 0.29) is 5.84 Å². The first-order chi connectivity index (χ1) is 9.58. The number of oxime groups is 1. The molecule has 0 aliphatic carbocycles. The van der Waals surface area contributed by atoms with Crippen molar-refractivity contribution >= 4 is 17.2 Å². The molecule has 0 saturated heterocycles. The van der Waals surface area contributed by atoms with E-state index >= 15 is 0 Å². The van der Waals surface area contributed by atoms with Crippen molar-refractivity contribution in [2.45, 2.75) is 20.0 Å². The fourth-order valence-corrected chi connectivity index (χ4v) is 2.73. The zero-order valence-corrected chi connectivity index (χ0v) is 11.9. The van der Waals surface area contributed by atoms with Crippen molar-refractivity contribution in [3.05, 3.63) is 57.0 Å². The Morgan fingerprint density at radius 3 is 2.80 bits per heavy atom. The van der Waals surface area contributed by atoms with Crippen molar-refractivity contribution in [1.82, 2.24) is 5.32 Å². The molecule has 0 saturated carbocycles. The summed E-state index contributed by atoms with van der Waals surface area (Å²) in [4.78, 5) is 2.50. The van der Waals surface area contributed by atoms with E-state index < -0.39 is 5.82 Å². The maximum atomic E-state index is 13.5. The molecule has 106 valence electrons. The van der Waals surface area contributed by atoms with Crippen molar-refractivity contribution in [2.24, 2.45) is 10.9 Å². The van der Waals surface area contributed by atoms with E-state index in [1.807, 2.05) is 0 Å². The molecule has 0 fully saturated rings. The number of nitrogens with two attached hydrogens (primary N) is 1. The highest BCUT2D eigenvalue weighted by Crippen LogP contribution is 2.15. The second-order valence-corrected chi connectivity index (χ2v) is 5.82. The van der Waals surface area contributed by atoms with E-state index in [2.05, 4.69) is 29.5 Å². The van der Waals surface area contributed by atoms with Gasteiger partial charge in [0.25, 0.3) is 0 Å². The molecular formula is C14H16FN3OS. The number of nitrogens with one attached hydrogen (secondary N) is 1. The summed E-state index contributed by atoms with van der Waals surface area (Å²) in [5.74, 6) is -0.502. The molecule has 4 nitrogen and oxygen atoms in total. The molecule has 4 N–H and O–H groups in total. The third-order valence-corrected chi connectivity index (χ3v) is 3.79. The Morgan fingerprint density at radius 1 is 1.35 bits per heavy atom. The first-order valence-electron chi connectivity index (χ1n) is 6.12. The zero-order valence-electron chi connectivity index (χ0n) is 11.1. The number of rotatable bonds is 5. The van der Waals surface area contributed by atoms with E-state index in [1.54, 1.807) is 17.4 Å².